The summed E-state index contributed by atoms with van der Waals surface area (Å²) in [7, 11) is -7.19. The number of halogens is 1. The van der Waals surface area contributed by atoms with Crippen molar-refractivity contribution in [2.45, 2.75) is 36.7 Å². The lowest BCUT2D eigenvalue weighted by molar-refractivity contribution is 0.361. The summed E-state index contributed by atoms with van der Waals surface area (Å²) in [5.41, 5.74) is 0. The smallest absolute Gasteiger partial charge is 0.240 e. The van der Waals surface area contributed by atoms with Crippen LogP contribution in [0.3, 0.4) is 0 Å². The Kier molecular flexibility index (Phi) is 8.10. The molecular weight excluding hydrogens is 374 g/mol. The lowest BCUT2D eigenvalue weighted by atomic mass is 10.0. The molecule has 138 valence electrons. The van der Waals surface area contributed by atoms with Gasteiger partial charge in [0.2, 0.25) is 20.0 Å². The molecule has 1 fully saturated rings. The van der Waals surface area contributed by atoms with Crippen molar-refractivity contribution in [1.82, 2.24) is 14.8 Å². The largest absolute Gasteiger partial charge is 0.314 e. The lowest BCUT2D eigenvalue weighted by Gasteiger charge is -2.28. The quantitative estimate of drug-likeness (QED) is 0.619. The van der Waals surface area contributed by atoms with Crippen LogP contribution in [0.25, 0.3) is 0 Å². The van der Waals surface area contributed by atoms with Crippen molar-refractivity contribution in [2.24, 2.45) is 0 Å². The van der Waals surface area contributed by atoms with E-state index >= 15 is 0 Å². The highest BCUT2D eigenvalue weighted by atomic mass is 35.5. The topological polar surface area (TPSA) is 104 Å². The highest BCUT2D eigenvalue weighted by Crippen LogP contribution is 2.10. The first-order valence-corrected chi connectivity index (χ1v) is 10.7. The van der Waals surface area contributed by atoms with Crippen LogP contribution in [0.5, 0.6) is 0 Å². The number of benzene rings is 1. The van der Waals surface area contributed by atoms with Gasteiger partial charge in [0.05, 0.1) is 10.6 Å². The molecule has 3 N–H and O–H groups in total. The van der Waals surface area contributed by atoms with Gasteiger partial charge in [-0.2, -0.15) is 0 Å². The summed E-state index contributed by atoms with van der Waals surface area (Å²) in [5.74, 6) is -0.280. The molecule has 1 aromatic carbocycles. The third-order valence-corrected chi connectivity index (χ3v) is 6.60. The molecule has 1 aliphatic heterocycles. The summed E-state index contributed by atoms with van der Waals surface area (Å²) in [6.45, 7) is 2.62. The first-order chi connectivity index (χ1) is 10.8. The fourth-order valence-corrected chi connectivity index (χ4v) is 4.94. The van der Waals surface area contributed by atoms with E-state index in [2.05, 4.69) is 14.8 Å². The van der Waals surface area contributed by atoms with Gasteiger partial charge in [0.25, 0.3) is 0 Å². The van der Waals surface area contributed by atoms with E-state index in [-0.39, 0.29) is 41.7 Å². The first kappa shape index (κ1) is 21.3. The zero-order valence-electron chi connectivity index (χ0n) is 13.4. The Morgan fingerprint density at radius 1 is 1.17 bits per heavy atom. The molecule has 0 spiro atoms. The predicted octanol–water partition coefficient (Wildman–Crippen LogP) is 0.447. The summed E-state index contributed by atoms with van der Waals surface area (Å²) in [6.07, 6.45) is 1.47. The number of hydrogen-bond donors (Lipinski definition) is 3. The fourth-order valence-electron chi connectivity index (χ4n) is 2.55. The van der Waals surface area contributed by atoms with Crippen molar-refractivity contribution < 1.29 is 16.8 Å². The second kappa shape index (κ2) is 9.12. The Balaban J connectivity index is 0.00000288. The summed E-state index contributed by atoms with van der Waals surface area (Å²) in [4.78, 5) is 0.123. The van der Waals surface area contributed by atoms with Crippen LogP contribution >= 0.6 is 12.4 Å². The maximum Gasteiger partial charge on any atom is 0.240 e. The molecule has 1 aromatic rings. The van der Waals surface area contributed by atoms with Crippen molar-refractivity contribution in [3.63, 3.8) is 0 Å². The SMILES string of the molecule is CC1CC(NS(=O)(=O)CCNS(=O)(=O)c2ccccc2)CCN1.Cl. The van der Waals surface area contributed by atoms with Crippen molar-refractivity contribution in [2.75, 3.05) is 18.8 Å². The maximum absolute atomic E-state index is 12.1. The molecule has 0 radical (unpaired) electrons. The van der Waals surface area contributed by atoms with Gasteiger partial charge >= 0.3 is 0 Å². The molecule has 10 heteroatoms. The number of nitrogens with one attached hydrogen (secondary N) is 3. The Morgan fingerprint density at radius 2 is 1.83 bits per heavy atom. The van der Waals surface area contributed by atoms with Crippen LogP contribution in [-0.2, 0) is 20.0 Å². The van der Waals surface area contributed by atoms with Crippen LogP contribution in [0.2, 0.25) is 0 Å². The lowest BCUT2D eigenvalue weighted by Crippen LogP contribution is -2.47. The van der Waals surface area contributed by atoms with Crippen molar-refractivity contribution in [3.8, 4) is 0 Å². The monoisotopic (exact) mass is 397 g/mol. The minimum Gasteiger partial charge on any atom is -0.314 e. The average Bonchev–Trinajstić information content (AvgIpc) is 2.47. The van der Waals surface area contributed by atoms with E-state index in [9.17, 15) is 16.8 Å². The van der Waals surface area contributed by atoms with Crippen molar-refractivity contribution >= 4 is 32.5 Å². The van der Waals surface area contributed by atoms with E-state index in [1.165, 1.54) is 12.1 Å². The van der Waals surface area contributed by atoms with Crippen LogP contribution in [0.4, 0.5) is 0 Å². The summed E-state index contributed by atoms with van der Waals surface area (Å²) in [5, 5.41) is 3.25. The molecule has 24 heavy (non-hydrogen) atoms. The van der Waals surface area contributed by atoms with Gasteiger partial charge in [-0.15, -0.1) is 12.4 Å². The van der Waals surface area contributed by atoms with Gasteiger partial charge in [0, 0.05) is 18.6 Å². The maximum atomic E-state index is 12.1. The molecule has 1 heterocycles. The molecule has 1 aliphatic rings. The summed E-state index contributed by atoms with van der Waals surface area (Å²) in [6, 6.07) is 8.05. The minimum absolute atomic E-state index is 0. The van der Waals surface area contributed by atoms with Crippen LogP contribution in [0, 0.1) is 0 Å². The molecule has 2 atom stereocenters. The third kappa shape index (κ3) is 6.66. The predicted molar refractivity (Wildman–Crippen MR) is 96.3 cm³/mol. The van der Waals surface area contributed by atoms with Gasteiger partial charge in [-0.25, -0.2) is 26.3 Å². The number of hydrogen-bond acceptors (Lipinski definition) is 5. The van der Waals surface area contributed by atoms with Gasteiger partial charge in [0.15, 0.2) is 0 Å². The molecule has 0 bridgehead atoms. The molecule has 0 aliphatic carbocycles. The van der Waals surface area contributed by atoms with E-state index in [1.54, 1.807) is 18.2 Å². The van der Waals surface area contributed by atoms with Gasteiger partial charge in [0.1, 0.15) is 0 Å². The van der Waals surface area contributed by atoms with Crippen LogP contribution in [0.15, 0.2) is 35.2 Å². The Labute approximate surface area is 150 Å². The van der Waals surface area contributed by atoms with Gasteiger partial charge in [-0.3, -0.25) is 0 Å². The van der Waals surface area contributed by atoms with E-state index in [0.717, 1.165) is 19.4 Å². The molecule has 2 unspecified atom stereocenters. The third-order valence-electron chi connectivity index (χ3n) is 3.69. The molecule has 7 nitrogen and oxygen atoms in total. The number of piperidine rings is 1. The molecule has 0 saturated carbocycles. The molecule has 1 saturated heterocycles. The highest BCUT2D eigenvalue weighted by molar-refractivity contribution is 7.90. The van der Waals surface area contributed by atoms with Crippen molar-refractivity contribution in [3.05, 3.63) is 30.3 Å². The van der Waals surface area contributed by atoms with E-state index < -0.39 is 20.0 Å². The van der Waals surface area contributed by atoms with Crippen LogP contribution in [-0.4, -0.2) is 47.8 Å². The number of rotatable bonds is 7. The summed E-state index contributed by atoms with van der Waals surface area (Å²) >= 11 is 0. The molecule has 0 aromatic heterocycles. The second-order valence-corrected chi connectivity index (χ2v) is 9.36. The Bertz CT molecular complexity index is 711. The van der Waals surface area contributed by atoms with E-state index in [4.69, 9.17) is 0 Å². The highest BCUT2D eigenvalue weighted by Gasteiger charge is 2.23. The number of sulfonamides is 2. The second-order valence-electron chi connectivity index (χ2n) is 5.72. The average molecular weight is 398 g/mol. The molecule has 0 amide bonds. The Morgan fingerprint density at radius 3 is 2.46 bits per heavy atom. The van der Waals surface area contributed by atoms with E-state index in [1.807, 2.05) is 6.92 Å². The van der Waals surface area contributed by atoms with Gasteiger partial charge < -0.3 is 5.32 Å². The van der Waals surface area contributed by atoms with Crippen molar-refractivity contribution in [1.29, 1.82) is 0 Å². The Hall–Kier alpha value is -0.710. The normalized spacial score (nSPS) is 21.9. The first-order valence-electron chi connectivity index (χ1n) is 7.56. The molecule has 2 rings (SSSR count). The van der Waals surface area contributed by atoms with Crippen LogP contribution in [0.1, 0.15) is 19.8 Å². The van der Waals surface area contributed by atoms with E-state index in [0.29, 0.717) is 0 Å². The zero-order chi connectivity index (χ0) is 16.9. The molecular formula is C14H24ClN3O4S2. The minimum atomic E-state index is -3.68. The summed E-state index contributed by atoms with van der Waals surface area (Å²) < 4.78 is 53.1. The fraction of sp³-hybridized carbons (Fsp3) is 0.571. The van der Waals surface area contributed by atoms with Crippen LogP contribution < -0.4 is 14.8 Å². The van der Waals surface area contributed by atoms with Gasteiger partial charge in [-0.05, 0) is 38.4 Å². The standard InChI is InChI=1S/C14H23N3O4S2.ClH/c1-12-11-13(7-8-15-12)17-22(18,19)10-9-16-23(20,21)14-5-3-2-4-6-14;/h2-6,12-13,15-17H,7-11H2,1H3;1H. The zero-order valence-corrected chi connectivity index (χ0v) is 15.9. The van der Waals surface area contributed by atoms with Gasteiger partial charge in [-0.1, -0.05) is 18.2 Å².